The molecular weight excluding hydrogens is 259 g/mol. The molecule has 1 aliphatic carbocycles. The zero-order valence-electron chi connectivity index (χ0n) is 10.1. The van der Waals surface area contributed by atoms with Gasteiger partial charge in [0.2, 0.25) is 0 Å². The summed E-state index contributed by atoms with van der Waals surface area (Å²) in [7, 11) is 0. The van der Waals surface area contributed by atoms with Gasteiger partial charge < -0.3 is 14.6 Å². The maximum Gasteiger partial charge on any atom is 0.138 e. The molecule has 5 heteroatoms. The van der Waals surface area contributed by atoms with E-state index in [9.17, 15) is 9.50 Å². The second-order valence-electron chi connectivity index (χ2n) is 4.37. The molecule has 1 saturated carbocycles. The molecule has 0 aliphatic heterocycles. The number of aliphatic hydroxyl groups excluding tert-OH is 1. The Labute approximate surface area is 110 Å². The summed E-state index contributed by atoms with van der Waals surface area (Å²) in [6.07, 6.45) is 0.330. The van der Waals surface area contributed by atoms with Crippen LogP contribution >= 0.6 is 11.6 Å². The first-order valence-corrected chi connectivity index (χ1v) is 6.41. The number of ether oxygens (including phenoxy) is 2. The minimum absolute atomic E-state index is 0.227. The summed E-state index contributed by atoms with van der Waals surface area (Å²) in [5.74, 6) is 0.0137. The molecule has 0 heterocycles. The van der Waals surface area contributed by atoms with Crippen LogP contribution in [0, 0.1) is 5.82 Å². The van der Waals surface area contributed by atoms with Crippen LogP contribution < -0.4 is 4.74 Å². The Morgan fingerprint density at radius 2 is 2.28 bits per heavy atom. The van der Waals surface area contributed by atoms with E-state index in [4.69, 9.17) is 21.1 Å². The summed E-state index contributed by atoms with van der Waals surface area (Å²) in [5, 5.41) is 9.83. The summed E-state index contributed by atoms with van der Waals surface area (Å²) < 4.78 is 24.0. The molecule has 18 heavy (non-hydrogen) atoms. The van der Waals surface area contributed by atoms with Crippen LogP contribution in [-0.2, 0) is 4.74 Å². The van der Waals surface area contributed by atoms with Gasteiger partial charge in [0.15, 0.2) is 0 Å². The Morgan fingerprint density at radius 1 is 1.50 bits per heavy atom. The van der Waals surface area contributed by atoms with Crippen LogP contribution in [0.15, 0.2) is 18.2 Å². The number of benzene rings is 1. The molecule has 100 valence electrons. The predicted molar refractivity (Wildman–Crippen MR) is 66.5 cm³/mol. The number of hydrogen-bond donors (Lipinski definition) is 1. The lowest BCUT2D eigenvalue weighted by atomic mass is 9.88. The molecule has 0 aromatic heterocycles. The topological polar surface area (TPSA) is 38.7 Å². The van der Waals surface area contributed by atoms with E-state index < -0.39 is 11.9 Å². The Bertz CT molecular complexity index is 413. The Kier molecular flexibility index (Phi) is 4.43. The quantitative estimate of drug-likeness (QED) is 0.897. The van der Waals surface area contributed by atoms with E-state index in [1.165, 1.54) is 18.2 Å². The maximum absolute atomic E-state index is 12.9. The monoisotopic (exact) mass is 274 g/mol. The van der Waals surface area contributed by atoms with Crippen molar-refractivity contribution >= 4 is 11.6 Å². The SMILES string of the molecule is CCCOC1C(O)CC1Oc1ccc(F)cc1Cl. The standard InChI is InChI=1S/C13H16ClFO3/c1-2-5-17-13-10(16)7-12(13)18-11-4-3-8(15)6-9(11)14/h3-4,6,10,12-13,16H,2,5,7H2,1H3. The Hall–Kier alpha value is -0.840. The van der Waals surface area contributed by atoms with E-state index in [0.29, 0.717) is 18.8 Å². The van der Waals surface area contributed by atoms with Gasteiger partial charge in [0.25, 0.3) is 0 Å². The van der Waals surface area contributed by atoms with Crippen molar-refractivity contribution < 1.29 is 19.0 Å². The second kappa shape index (κ2) is 5.87. The van der Waals surface area contributed by atoms with Crippen molar-refractivity contribution in [3.63, 3.8) is 0 Å². The number of rotatable bonds is 5. The second-order valence-corrected chi connectivity index (χ2v) is 4.78. The fraction of sp³-hybridized carbons (Fsp3) is 0.538. The third kappa shape index (κ3) is 2.94. The van der Waals surface area contributed by atoms with Crippen molar-refractivity contribution in [3.8, 4) is 5.75 Å². The van der Waals surface area contributed by atoms with Crippen molar-refractivity contribution in [2.45, 2.75) is 38.1 Å². The Balaban J connectivity index is 1.96. The maximum atomic E-state index is 12.9. The van der Waals surface area contributed by atoms with Gasteiger partial charge >= 0.3 is 0 Å². The van der Waals surface area contributed by atoms with Crippen molar-refractivity contribution in [1.29, 1.82) is 0 Å². The highest BCUT2D eigenvalue weighted by Crippen LogP contribution is 2.33. The largest absolute Gasteiger partial charge is 0.486 e. The van der Waals surface area contributed by atoms with E-state index in [1.54, 1.807) is 0 Å². The molecule has 1 aromatic rings. The molecule has 3 atom stereocenters. The van der Waals surface area contributed by atoms with Crippen molar-refractivity contribution in [3.05, 3.63) is 29.0 Å². The first-order valence-electron chi connectivity index (χ1n) is 6.03. The molecule has 3 unspecified atom stereocenters. The van der Waals surface area contributed by atoms with Gasteiger partial charge in [-0.1, -0.05) is 18.5 Å². The summed E-state index contributed by atoms with van der Waals surface area (Å²) in [5.41, 5.74) is 0. The van der Waals surface area contributed by atoms with Gasteiger partial charge in [-0.3, -0.25) is 0 Å². The van der Waals surface area contributed by atoms with Gasteiger partial charge in [-0.25, -0.2) is 4.39 Å². The zero-order chi connectivity index (χ0) is 13.1. The van der Waals surface area contributed by atoms with Crippen LogP contribution in [0.2, 0.25) is 5.02 Å². The summed E-state index contributed by atoms with van der Waals surface area (Å²) in [4.78, 5) is 0. The lowest BCUT2D eigenvalue weighted by Gasteiger charge is -2.40. The highest BCUT2D eigenvalue weighted by Gasteiger charge is 2.43. The van der Waals surface area contributed by atoms with Gasteiger partial charge in [0.05, 0.1) is 11.1 Å². The van der Waals surface area contributed by atoms with E-state index in [-0.39, 0.29) is 17.2 Å². The molecule has 0 saturated heterocycles. The van der Waals surface area contributed by atoms with E-state index in [1.807, 2.05) is 6.92 Å². The van der Waals surface area contributed by atoms with Gasteiger partial charge in [-0.2, -0.15) is 0 Å². The molecule has 0 spiro atoms. The van der Waals surface area contributed by atoms with Crippen LogP contribution in [0.25, 0.3) is 0 Å². The lowest BCUT2D eigenvalue weighted by Crippen LogP contribution is -2.55. The van der Waals surface area contributed by atoms with Crippen LogP contribution in [0.1, 0.15) is 19.8 Å². The minimum atomic E-state index is -0.499. The van der Waals surface area contributed by atoms with Crippen LogP contribution in [-0.4, -0.2) is 30.0 Å². The molecule has 1 fully saturated rings. The summed E-state index contributed by atoms with van der Waals surface area (Å²) in [6, 6.07) is 3.98. The molecule has 2 rings (SSSR count). The summed E-state index contributed by atoms with van der Waals surface area (Å²) in [6.45, 7) is 2.58. The highest BCUT2D eigenvalue weighted by atomic mass is 35.5. The van der Waals surface area contributed by atoms with Crippen LogP contribution in [0.3, 0.4) is 0 Å². The number of aliphatic hydroxyl groups is 1. The average Bonchev–Trinajstić information content (AvgIpc) is 2.32. The third-order valence-electron chi connectivity index (χ3n) is 2.91. The fourth-order valence-corrected chi connectivity index (χ4v) is 2.09. The molecule has 1 aliphatic rings. The lowest BCUT2D eigenvalue weighted by molar-refractivity contribution is -0.162. The molecule has 0 radical (unpaired) electrons. The van der Waals surface area contributed by atoms with Crippen molar-refractivity contribution in [2.24, 2.45) is 0 Å². The van der Waals surface area contributed by atoms with Crippen molar-refractivity contribution in [1.82, 2.24) is 0 Å². The molecule has 3 nitrogen and oxygen atoms in total. The van der Waals surface area contributed by atoms with E-state index in [0.717, 1.165) is 6.42 Å². The molecule has 1 N–H and O–H groups in total. The van der Waals surface area contributed by atoms with Crippen molar-refractivity contribution in [2.75, 3.05) is 6.61 Å². The summed E-state index contributed by atoms with van der Waals surface area (Å²) >= 11 is 5.87. The fourth-order valence-electron chi connectivity index (χ4n) is 1.88. The van der Waals surface area contributed by atoms with Crippen LogP contribution in [0.5, 0.6) is 5.75 Å². The van der Waals surface area contributed by atoms with Gasteiger partial charge in [0, 0.05) is 13.0 Å². The highest BCUT2D eigenvalue weighted by molar-refractivity contribution is 6.32. The Morgan fingerprint density at radius 3 is 2.89 bits per heavy atom. The van der Waals surface area contributed by atoms with E-state index in [2.05, 4.69) is 0 Å². The first-order chi connectivity index (χ1) is 8.61. The molecule has 0 bridgehead atoms. The average molecular weight is 275 g/mol. The molecular formula is C13H16ClFO3. The smallest absolute Gasteiger partial charge is 0.138 e. The number of hydrogen-bond acceptors (Lipinski definition) is 3. The van der Waals surface area contributed by atoms with Gasteiger partial charge in [0.1, 0.15) is 23.8 Å². The minimum Gasteiger partial charge on any atom is -0.486 e. The van der Waals surface area contributed by atoms with E-state index >= 15 is 0 Å². The predicted octanol–water partition coefficient (Wildman–Crippen LogP) is 2.79. The molecule has 1 aromatic carbocycles. The third-order valence-corrected chi connectivity index (χ3v) is 3.20. The molecule has 0 amide bonds. The van der Waals surface area contributed by atoms with Crippen LogP contribution in [0.4, 0.5) is 4.39 Å². The first kappa shape index (κ1) is 13.6. The number of halogens is 2. The normalized spacial score (nSPS) is 26.8. The van der Waals surface area contributed by atoms with Gasteiger partial charge in [-0.05, 0) is 24.6 Å². The van der Waals surface area contributed by atoms with Gasteiger partial charge in [-0.15, -0.1) is 0 Å². The zero-order valence-corrected chi connectivity index (χ0v) is 10.9.